The van der Waals surface area contributed by atoms with Gasteiger partial charge in [0.2, 0.25) is 0 Å². The molecule has 0 aliphatic heterocycles. The molecule has 3 aromatic heterocycles. The first-order chi connectivity index (χ1) is 11.5. The van der Waals surface area contributed by atoms with Crippen molar-refractivity contribution >= 4 is 34.3 Å². The van der Waals surface area contributed by atoms with Gasteiger partial charge in [-0.15, -0.1) is 10.2 Å². The molecular formula is C17H13ClN4O2. The van der Waals surface area contributed by atoms with Gasteiger partial charge in [0.1, 0.15) is 11.5 Å². The van der Waals surface area contributed by atoms with Gasteiger partial charge in [0.05, 0.1) is 11.0 Å². The van der Waals surface area contributed by atoms with Crippen molar-refractivity contribution in [2.24, 2.45) is 0 Å². The Morgan fingerprint density at radius 2 is 2.12 bits per heavy atom. The van der Waals surface area contributed by atoms with Crippen LogP contribution in [0.1, 0.15) is 27.4 Å². The molecule has 0 amide bonds. The summed E-state index contributed by atoms with van der Waals surface area (Å²) in [5.74, 6) is -0.291. The molecular weight excluding hydrogens is 328 g/mol. The molecule has 0 atom stereocenters. The summed E-state index contributed by atoms with van der Waals surface area (Å²) in [6.45, 7) is 1.84. The zero-order valence-electron chi connectivity index (χ0n) is 12.7. The van der Waals surface area contributed by atoms with E-state index < -0.39 is 5.97 Å². The Bertz CT molecular complexity index is 1100. The number of aryl methyl sites for hydroxylation is 1. The van der Waals surface area contributed by atoms with E-state index in [0.717, 1.165) is 27.8 Å². The molecule has 0 bridgehead atoms. The molecule has 0 spiro atoms. The van der Waals surface area contributed by atoms with Gasteiger partial charge in [-0.2, -0.15) is 0 Å². The summed E-state index contributed by atoms with van der Waals surface area (Å²) >= 11 is 6.06. The predicted octanol–water partition coefficient (Wildman–Crippen LogP) is 3.46. The lowest BCUT2D eigenvalue weighted by Gasteiger charge is -2.06. The molecule has 0 fully saturated rings. The van der Waals surface area contributed by atoms with Crippen molar-refractivity contribution in [3.63, 3.8) is 0 Å². The van der Waals surface area contributed by atoms with Crippen LogP contribution < -0.4 is 0 Å². The average Bonchev–Trinajstić information content (AvgIpc) is 3.11. The topological polar surface area (TPSA) is 83.3 Å². The number of carboxylic acid groups (broad SMARTS) is 1. The Morgan fingerprint density at radius 1 is 1.29 bits per heavy atom. The van der Waals surface area contributed by atoms with Crippen LogP contribution >= 0.6 is 11.6 Å². The maximum atomic E-state index is 11.3. The van der Waals surface area contributed by atoms with Gasteiger partial charge in [-0.05, 0) is 36.8 Å². The average molecular weight is 341 g/mol. The third kappa shape index (κ3) is 2.32. The zero-order chi connectivity index (χ0) is 16.8. The number of pyridine rings is 1. The molecule has 0 saturated carbocycles. The second-order valence-corrected chi connectivity index (χ2v) is 6.11. The second kappa shape index (κ2) is 5.35. The number of halogens is 1. The number of fused-ring (bicyclic) bond motifs is 3. The molecule has 4 rings (SSSR count). The smallest absolute Gasteiger partial charge is 0.352 e. The minimum atomic E-state index is -0.999. The Hall–Kier alpha value is -2.86. The van der Waals surface area contributed by atoms with Crippen LogP contribution in [0.4, 0.5) is 0 Å². The summed E-state index contributed by atoms with van der Waals surface area (Å²) in [6, 6.07) is 11.2. The fourth-order valence-corrected chi connectivity index (χ4v) is 3.18. The number of H-pyrrole nitrogens is 1. The summed E-state index contributed by atoms with van der Waals surface area (Å²) in [6.07, 6.45) is 0.625. The van der Waals surface area contributed by atoms with Crippen LogP contribution in [0.15, 0.2) is 36.4 Å². The quantitative estimate of drug-likeness (QED) is 0.598. The van der Waals surface area contributed by atoms with Gasteiger partial charge in [-0.1, -0.05) is 23.7 Å². The maximum Gasteiger partial charge on any atom is 0.352 e. The Morgan fingerprint density at radius 3 is 2.88 bits per heavy atom. The largest absolute Gasteiger partial charge is 0.477 e. The van der Waals surface area contributed by atoms with Gasteiger partial charge in [-0.25, -0.2) is 4.79 Å². The summed E-state index contributed by atoms with van der Waals surface area (Å²) in [5, 5.41) is 18.3. The highest BCUT2D eigenvalue weighted by atomic mass is 35.5. The first-order valence-corrected chi connectivity index (χ1v) is 7.75. The molecule has 1 aromatic carbocycles. The number of carboxylic acids is 1. The van der Waals surface area contributed by atoms with Crippen LogP contribution in [0.25, 0.3) is 16.7 Å². The molecule has 2 N–H and O–H groups in total. The lowest BCUT2D eigenvalue weighted by Crippen LogP contribution is -1.97. The molecule has 3 heterocycles. The van der Waals surface area contributed by atoms with E-state index in [1.54, 1.807) is 6.07 Å². The van der Waals surface area contributed by atoms with Crippen molar-refractivity contribution in [3.05, 3.63) is 64.1 Å². The summed E-state index contributed by atoms with van der Waals surface area (Å²) in [7, 11) is 0. The Kier molecular flexibility index (Phi) is 3.28. The van der Waals surface area contributed by atoms with Crippen molar-refractivity contribution in [1.82, 2.24) is 19.6 Å². The van der Waals surface area contributed by atoms with E-state index in [1.165, 1.54) is 0 Å². The van der Waals surface area contributed by atoms with E-state index in [0.29, 0.717) is 17.3 Å². The molecule has 24 heavy (non-hydrogen) atoms. The fraction of sp³-hybridized carbons (Fsp3) is 0.118. The van der Waals surface area contributed by atoms with Crippen molar-refractivity contribution < 1.29 is 9.90 Å². The number of benzene rings is 1. The third-order valence-electron chi connectivity index (χ3n) is 4.01. The molecule has 0 saturated heterocycles. The molecule has 0 radical (unpaired) electrons. The first-order valence-electron chi connectivity index (χ1n) is 7.37. The van der Waals surface area contributed by atoms with Crippen molar-refractivity contribution in [2.45, 2.75) is 13.3 Å². The van der Waals surface area contributed by atoms with E-state index >= 15 is 0 Å². The van der Waals surface area contributed by atoms with Crippen molar-refractivity contribution in [2.75, 3.05) is 0 Å². The monoisotopic (exact) mass is 340 g/mol. The van der Waals surface area contributed by atoms with Crippen LogP contribution in [-0.2, 0) is 6.42 Å². The summed E-state index contributed by atoms with van der Waals surface area (Å²) in [5.41, 5.74) is 4.34. The normalized spacial score (nSPS) is 11.4. The van der Waals surface area contributed by atoms with Crippen molar-refractivity contribution in [1.29, 1.82) is 0 Å². The lowest BCUT2D eigenvalue weighted by molar-refractivity contribution is 0.0691. The SMILES string of the molecule is Cc1nnc2c(Cc3cccc(Cl)c3)cc3[nH]c(C(=O)O)cc3n12. The molecule has 120 valence electrons. The highest BCUT2D eigenvalue weighted by Gasteiger charge is 2.16. The van der Waals surface area contributed by atoms with E-state index in [4.69, 9.17) is 11.6 Å². The predicted molar refractivity (Wildman–Crippen MR) is 90.8 cm³/mol. The Balaban J connectivity index is 1.95. The van der Waals surface area contributed by atoms with Crippen LogP contribution in [0.2, 0.25) is 5.02 Å². The lowest BCUT2D eigenvalue weighted by atomic mass is 10.1. The first kappa shape index (κ1) is 14.7. The van der Waals surface area contributed by atoms with E-state index in [-0.39, 0.29) is 5.69 Å². The van der Waals surface area contributed by atoms with Gasteiger partial charge in [0.15, 0.2) is 5.65 Å². The van der Waals surface area contributed by atoms with Crippen LogP contribution in [0.3, 0.4) is 0 Å². The molecule has 4 aromatic rings. The molecule has 0 aliphatic rings. The highest BCUT2D eigenvalue weighted by Crippen LogP contribution is 2.25. The van der Waals surface area contributed by atoms with Gasteiger partial charge >= 0.3 is 5.97 Å². The van der Waals surface area contributed by atoms with Gasteiger partial charge in [0.25, 0.3) is 0 Å². The van der Waals surface area contributed by atoms with Crippen LogP contribution in [0, 0.1) is 6.92 Å². The number of hydrogen-bond donors (Lipinski definition) is 2. The standard InChI is InChI=1S/C17H13ClN4O2/c1-9-20-21-16-11(5-10-3-2-4-12(18)6-10)7-13-15(22(9)16)8-14(19-13)17(23)24/h2-4,6-8,19H,5H2,1H3,(H,23,24). The van der Waals surface area contributed by atoms with Crippen molar-refractivity contribution in [3.8, 4) is 0 Å². The van der Waals surface area contributed by atoms with Gasteiger partial charge in [0, 0.05) is 17.0 Å². The number of hydrogen-bond acceptors (Lipinski definition) is 3. The van der Waals surface area contributed by atoms with Gasteiger partial charge in [-0.3, -0.25) is 4.40 Å². The number of carbonyl (C=O) groups is 1. The van der Waals surface area contributed by atoms with Crippen LogP contribution in [0.5, 0.6) is 0 Å². The third-order valence-corrected chi connectivity index (χ3v) is 4.25. The fourth-order valence-electron chi connectivity index (χ4n) is 2.96. The molecule has 0 aliphatic carbocycles. The number of rotatable bonds is 3. The van der Waals surface area contributed by atoms with E-state index in [2.05, 4.69) is 15.2 Å². The highest BCUT2D eigenvalue weighted by molar-refractivity contribution is 6.30. The molecule has 0 unspecified atom stereocenters. The van der Waals surface area contributed by atoms with Crippen LogP contribution in [-0.4, -0.2) is 30.7 Å². The van der Waals surface area contributed by atoms with E-state index in [1.807, 2.05) is 41.7 Å². The minimum Gasteiger partial charge on any atom is -0.477 e. The maximum absolute atomic E-state index is 11.3. The Labute approximate surface area is 141 Å². The number of aromatic amines is 1. The van der Waals surface area contributed by atoms with Gasteiger partial charge < -0.3 is 10.1 Å². The number of nitrogens with one attached hydrogen (secondary N) is 1. The van der Waals surface area contributed by atoms with E-state index in [9.17, 15) is 9.90 Å². The zero-order valence-corrected chi connectivity index (χ0v) is 13.5. The second-order valence-electron chi connectivity index (χ2n) is 5.67. The number of aromatic carboxylic acids is 1. The number of aromatic nitrogens is 4. The summed E-state index contributed by atoms with van der Waals surface area (Å²) < 4.78 is 1.87. The summed E-state index contributed by atoms with van der Waals surface area (Å²) in [4.78, 5) is 14.2. The molecule has 6 nitrogen and oxygen atoms in total. The minimum absolute atomic E-state index is 0.138. The number of nitrogens with zero attached hydrogens (tertiary/aromatic N) is 3. The molecule has 7 heteroatoms.